The summed E-state index contributed by atoms with van der Waals surface area (Å²) in [4.78, 5) is 25.4. The molecule has 102 valence electrons. The van der Waals surface area contributed by atoms with Crippen LogP contribution in [0.3, 0.4) is 0 Å². The van der Waals surface area contributed by atoms with Gasteiger partial charge in [0.1, 0.15) is 0 Å². The van der Waals surface area contributed by atoms with Crippen LogP contribution in [0.4, 0.5) is 5.69 Å². The first kappa shape index (κ1) is 13.9. The zero-order chi connectivity index (χ0) is 14.0. The maximum atomic E-state index is 12.0. The van der Waals surface area contributed by atoms with Crippen molar-refractivity contribution in [3.8, 4) is 0 Å². The Hall–Kier alpha value is -1.55. The summed E-state index contributed by atoms with van der Waals surface area (Å²) in [5, 5.41) is 0. The molecule has 1 heterocycles. The lowest BCUT2D eigenvalue weighted by atomic mass is 10.1. The van der Waals surface area contributed by atoms with Crippen LogP contribution in [0.5, 0.6) is 0 Å². The summed E-state index contributed by atoms with van der Waals surface area (Å²) in [5.74, 6) is 0.309. The zero-order valence-corrected chi connectivity index (χ0v) is 11.7. The molecule has 1 unspecified atom stereocenters. The number of amides is 1. The molecule has 0 aromatic heterocycles. The highest BCUT2D eigenvalue weighted by molar-refractivity contribution is 6.18. The molecular weight excluding hydrogens is 266 g/mol. The average Bonchev–Trinajstić information content (AvgIpc) is 2.79. The molecule has 0 spiro atoms. The topological polar surface area (TPSA) is 46.6 Å². The van der Waals surface area contributed by atoms with Crippen LogP contribution in [0.25, 0.3) is 0 Å². The number of methoxy groups -OCH3 is 1. The minimum Gasteiger partial charge on any atom is -0.465 e. The van der Waals surface area contributed by atoms with E-state index >= 15 is 0 Å². The predicted octanol–water partition coefficient (Wildman–Crippen LogP) is 2.37. The fourth-order valence-electron chi connectivity index (χ4n) is 2.36. The van der Waals surface area contributed by atoms with E-state index < -0.39 is 0 Å². The number of nitrogens with zero attached hydrogens (tertiary/aromatic N) is 1. The highest BCUT2D eigenvalue weighted by atomic mass is 35.5. The molecule has 1 amide bonds. The minimum atomic E-state index is -0.389. The van der Waals surface area contributed by atoms with Gasteiger partial charge in [-0.15, -0.1) is 11.6 Å². The van der Waals surface area contributed by atoms with E-state index in [-0.39, 0.29) is 17.8 Å². The first-order valence-corrected chi connectivity index (χ1v) is 6.66. The smallest absolute Gasteiger partial charge is 0.338 e. The Labute approximate surface area is 117 Å². The summed E-state index contributed by atoms with van der Waals surface area (Å²) in [6.07, 6.45) is 0.464. The van der Waals surface area contributed by atoms with E-state index in [9.17, 15) is 9.59 Å². The van der Waals surface area contributed by atoms with Gasteiger partial charge in [0.25, 0.3) is 0 Å². The highest BCUT2D eigenvalue weighted by Crippen LogP contribution is 2.30. The Morgan fingerprint density at radius 2 is 2.26 bits per heavy atom. The van der Waals surface area contributed by atoms with Crippen LogP contribution in [0.1, 0.15) is 22.3 Å². The second-order valence-corrected chi connectivity index (χ2v) is 4.98. The second-order valence-electron chi connectivity index (χ2n) is 4.67. The molecule has 1 aliphatic rings. The fraction of sp³-hybridized carbons (Fsp3) is 0.429. The lowest BCUT2D eigenvalue weighted by Crippen LogP contribution is -2.26. The quantitative estimate of drug-likeness (QED) is 0.631. The lowest BCUT2D eigenvalue weighted by molar-refractivity contribution is -0.117. The number of hydrogen-bond donors (Lipinski definition) is 0. The van der Waals surface area contributed by atoms with E-state index in [0.717, 1.165) is 11.3 Å². The second kappa shape index (κ2) is 5.61. The molecule has 5 heteroatoms. The normalized spacial score (nSPS) is 18.8. The molecular formula is C14H16ClNO3. The van der Waals surface area contributed by atoms with Gasteiger partial charge in [0, 0.05) is 24.5 Å². The predicted molar refractivity (Wildman–Crippen MR) is 73.7 cm³/mol. The van der Waals surface area contributed by atoms with E-state index in [1.807, 2.05) is 13.0 Å². The number of ether oxygens (including phenoxy) is 1. The third kappa shape index (κ3) is 2.59. The Morgan fingerprint density at radius 1 is 1.53 bits per heavy atom. The van der Waals surface area contributed by atoms with Crippen LogP contribution in [0.2, 0.25) is 0 Å². The molecule has 4 nitrogen and oxygen atoms in total. The van der Waals surface area contributed by atoms with Crippen LogP contribution in [0, 0.1) is 12.8 Å². The van der Waals surface area contributed by atoms with Gasteiger partial charge in [-0.1, -0.05) is 6.07 Å². The van der Waals surface area contributed by atoms with Crippen LogP contribution in [-0.4, -0.2) is 31.4 Å². The monoisotopic (exact) mass is 281 g/mol. The summed E-state index contributed by atoms with van der Waals surface area (Å²) in [6.45, 7) is 2.43. The Morgan fingerprint density at radius 3 is 2.84 bits per heavy atom. The first-order chi connectivity index (χ1) is 9.08. The van der Waals surface area contributed by atoms with Crippen molar-refractivity contribution < 1.29 is 14.3 Å². The molecule has 0 bridgehead atoms. The molecule has 1 aromatic carbocycles. The maximum Gasteiger partial charge on any atom is 0.338 e. The molecule has 2 rings (SSSR count). The SMILES string of the molecule is COC(=O)c1cccc(N2CC(CCl)CC2=O)c1C. The molecule has 0 aliphatic carbocycles. The molecule has 0 saturated carbocycles. The molecule has 19 heavy (non-hydrogen) atoms. The molecule has 1 aliphatic heterocycles. The standard InChI is InChI=1S/C14H16ClNO3/c1-9-11(14(18)19-2)4-3-5-12(9)16-8-10(7-15)6-13(16)17/h3-5,10H,6-8H2,1-2H3. The van der Waals surface area contributed by atoms with E-state index in [0.29, 0.717) is 24.4 Å². The third-order valence-corrected chi connectivity index (χ3v) is 3.86. The fourth-order valence-corrected chi connectivity index (χ4v) is 2.57. The molecule has 0 N–H and O–H groups in total. The van der Waals surface area contributed by atoms with Crippen LogP contribution >= 0.6 is 11.6 Å². The largest absolute Gasteiger partial charge is 0.465 e. The lowest BCUT2D eigenvalue weighted by Gasteiger charge is -2.20. The third-order valence-electron chi connectivity index (χ3n) is 3.42. The molecule has 0 radical (unpaired) electrons. The average molecular weight is 282 g/mol. The van der Waals surface area contributed by atoms with Gasteiger partial charge < -0.3 is 9.64 Å². The van der Waals surface area contributed by atoms with Crippen molar-refractivity contribution in [3.63, 3.8) is 0 Å². The van der Waals surface area contributed by atoms with Crippen molar-refractivity contribution in [2.24, 2.45) is 5.92 Å². The van der Waals surface area contributed by atoms with Crippen LogP contribution in [-0.2, 0) is 9.53 Å². The van der Waals surface area contributed by atoms with Gasteiger partial charge >= 0.3 is 5.97 Å². The Balaban J connectivity index is 2.36. The minimum absolute atomic E-state index is 0.0516. The van der Waals surface area contributed by atoms with Gasteiger partial charge in [0.15, 0.2) is 0 Å². The van der Waals surface area contributed by atoms with Gasteiger partial charge in [-0.2, -0.15) is 0 Å². The first-order valence-electron chi connectivity index (χ1n) is 6.12. The van der Waals surface area contributed by atoms with Crippen LogP contribution < -0.4 is 4.90 Å². The van der Waals surface area contributed by atoms with E-state index in [1.165, 1.54) is 7.11 Å². The van der Waals surface area contributed by atoms with Crippen molar-refractivity contribution >= 4 is 29.2 Å². The number of hydrogen-bond acceptors (Lipinski definition) is 3. The van der Waals surface area contributed by atoms with Gasteiger partial charge in [-0.3, -0.25) is 4.79 Å². The van der Waals surface area contributed by atoms with E-state index in [2.05, 4.69) is 0 Å². The van der Waals surface area contributed by atoms with Gasteiger partial charge in [0.05, 0.1) is 12.7 Å². The summed E-state index contributed by atoms with van der Waals surface area (Å²) in [6, 6.07) is 5.30. The van der Waals surface area contributed by atoms with Gasteiger partial charge in [-0.05, 0) is 30.5 Å². The van der Waals surface area contributed by atoms with Crippen molar-refractivity contribution in [2.75, 3.05) is 24.4 Å². The number of carbonyl (C=O) groups is 2. The van der Waals surface area contributed by atoms with Crippen molar-refractivity contribution in [1.82, 2.24) is 0 Å². The Kier molecular flexibility index (Phi) is 4.10. The summed E-state index contributed by atoms with van der Waals surface area (Å²) in [7, 11) is 1.35. The highest BCUT2D eigenvalue weighted by Gasteiger charge is 2.31. The molecule has 1 saturated heterocycles. The number of alkyl halides is 1. The van der Waals surface area contributed by atoms with E-state index in [1.54, 1.807) is 17.0 Å². The molecule has 1 atom stereocenters. The van der Waals surface area contributed by atoms with Gasteiger partial charge in [-0.25, -0.2) is 4.79 Å². The molecule has 1 aromatic rings. The number of rotatable bonds is 3. The van der Waals surface area contributed by atoms with E-state index in [4.69, 9.17) is 16.3 Å². The number of esters is 1. The Bertz CT molecular complexity index is 515. The number of halogens is 1. The van der Waals surface area contributed by atoms with Crippen molar-refractivity contribution in [3.05, 3.63) is 29.3 Å². The summed E-state index contributed by atoms with van der Waals surface area (Å²) < 4.78 is 4.74. The zero-order valence-electron chi connectivity index (χ0n) is 11.0. The number of carbonyl (C=O) groups excluding carboxylic acids is 2. The number of benzene rings is 1. The summed E-state index contributed by atoms with van der Waals surface area (Å²) >= 11 is 5.82. The van der Waals surface area contributed by atoms with Gasteiger partial charge in [0.2, 0.25) is 5.91 Å². The molecule has 1 fully saturated rings. The van der Waals surface area contributed by atoms with Crippen molar-refractivity contribution in [1.29, 1.82) is 0 Å². The van der Waals surface area contributed by atoms with Crippen molar-refractivity contribution in [2.45, 2.75) is 13.3 Å². The maximum absolute atomic E-state index is 12.0. The summed E-state index contributed by atoms with van der Waals surface area (Å²) in [5.41, 5.74) is 2.01. The number of anilines is 1. The van der Waals surface area contributed by atoms with Crippen LogP contribution in [0.15, 0.2) is 18.2 Å².